The summed E-state index contributed by atoms with van der Waals surface area (Å²) in [6, 6.07) is 2.04. The zero-order valence-corrected chi connectivity index (χ0v) is 12.1. The van der Waals surface area contributed by atoms with Gasteiger partial charge in [-0.1, -0.05) is 6.92 Å². The number of hydrogen-bond donors (Lipinski definition) is 1. The summed E-state index contributed by atoms with van der Waals surface area (Å²) in [5.41, 5.74) is 3.95. The molecule has 0 spiro atoms. The first kappa shape index (κ1) is 13.8. The molecular weight excluding hydrogens is 240 g/mol. The van der Waals surface area contributed by atoms with E-state index in [1.807, 2.05) is 30.9 Å². The standard InChI is InChI=1S/C14H22N4O/c1-5-13-12(9-17(4)16-13)14(19)8-11-7-10(3)15-18(11)6-2/h7,9,14,19H,5-6,8H2,1-4H3. The van der Waals surface area contributed by atoms with Gasteiger partial charge < -0.3 is 5.11 Å². The summed E-state index contributed by atoms with van der Waals surface area (Å²) in [6.45, 7) is 6.91. The molecule has 5 heteroatoms. The van der Waals surface area contributed by atoms with E-state index in [1.54, 1.807) is 4.68 Å². The van der Waals surface area contributed by atoms with Gasteiger partial charge in [-0.3, -0.25) is 9.36 Å². The van der Waals surface area contributed by atoms with Crippen molar-refractivity contribution in [2.24, 2.45) is 7.05 Å². The topological polar surface area (TPSA) is 55.9 Å². The molecule has 19 heavy (non-hydrogen) atoms. The molecule has 2 aromatic rings. The Labute approximate surface area is 113 Å². The van der Waals surface area contributed by atoms with Gasteiger partial charge in [0.15, 0.2) is 0 Å². The second-order valence-electron chi connectivity index (χ2n) is 4.87. The minimum Gasteiger partial charge on any atom is -0.388 e. The van der Waals surface area contributed by atoms with E-state index >= 15 is 0 Å². The Morgan fingerprint density at radius 3 is 2.68 bits per heavy atom. The predicted molar refractivity (Wildman–Crippen MR) is 73.9 cm³/mol. The first-order chi connectivity index (χ1) is 9.05. The minimum atomic E-state index is -0.523. The highest BCUT2D eigenvalue weighted by Gasteiger charge is 2.17. The SMILES string of the molecule is CCc1nn(C)cc1C(O)Cc1cc(C)nn1CC. The third-order valence-electron chi connectivity index (χ3n) is 3.32. The number of aliphatic hydroxyl groups excluding tert-OH is 1. The van der Waals surface area contributed by atoms with Gasteiger partial charge in [-0.2, -0.15) is 10.2 Å². The van der Waals surface area contributed by atoms with Crippen LogP contribution in [-0.4, -0.2) is 24.7 Å². The summed E-state index contributed by atoms with van der Waals surface area (Å²) in [5, 5.41) is 19.2. The van der Waals surface area contributed by atoms with Crippen molar-refractivity contribution in [3.05, 3.63) is 34.9 Å². The third-order valence-corrected chi connectivity index (χ3v) is 3.32. The largest absolute Gasteiger partial charge is 0.388 e. The molecule has 1 N–H and O–H groups in total. The molecule has 0 aliphatic rings. The summed E-state index contributed by atoms with van der Waals surface area (Å²) >= 11 is 0. The van der Waals surface area contributed by atoms with Gasteiger partial charge >= 0.3 is 0 Å². The molecule has 0 aliphatic heterocycles. The summed E-state index contributed by atoms with van der Waals surface area (Å²) in [4.78, 5) is 0. The lowest BCUT2D eigenvalue weighted by Crippen LogP contribution is -2.09. The number of aromatic nitrogens is 4. The van der Waals surface area contributed by atoms with Gasteiger partial charge in [-0.15, -0.1) is 0 Å². The Morgan fingerprint density at radius 2 is 2.05 bits per heavy atom. The van der Waals surface area contributed by atoms with E-state index in [-0.39, 0.29) is 0 Å². The molecule has 0 aliphatic carbocycles. The molecule has 0 saturated carbocycles. The van der Waals surface area contributed by atoms with Crippen LogP contribution in [0.5, 0.6) is 0 Å². The Morgan fingerprint density at radius 1 is 1.32 bits per heavy atom. The number of nitrogens with zero attached hydrogens (tertiary/aromatic N) is 4. The van der Waals surface area contributed by atoms with Crippen LogP contribution < -0.4 is 0 Å². The fraction of sp³-hybridized carbons (Fsp3) is 0.571. The van der Waals surface area contributed by atoms with Crippen LogP contribution in [0.25, 0.3) is 0 Å². The molecule has 0 radical (unpaired) electrons. The van der Waals surface area contributed by atoms with Crippen molar-refractivity contribution in [3.63, 3.8) is 0 Å². The first-order valence-corrected chi connectivity index (χ1v) is 6.78. The van der Waals surface area contributed by atoms with Crippen LogP contribution in [0.2, 0.25) is 0 Å². The maximum Gasteiger partial charge on any atom is 0.0878 e. The highest BCUT2D eigenvalue weighted by molar-refractivity contribution is 5.22. The molecule has 1 unspecified atom stereocenters. The predicted octanol–water partition coefficient (Wildman–Crippen LogP) is 1.78. The van der Waals surface area contributed by atoms with E-state index in [0.29, 0.717) is 6.42 Å². The smallest absolute Gasteiger partial charge is 0.0878 e. The number of aliphatic hydroxyl groups is 1. The van der Waals surface area contributed by atoms with Crippen molar-refractivity contribution < 1.29 is 5.11 Å². The molecule has 0 amide bonds. The molecule has 0 saturated heterocycles. The summed E-state index contributed by atoms with van der Waals surface area (Å²) in [6.07, 6.45) is 2.79. The Balaban J connectivity index is 2.22. The molecule has 2 rings (SSSR count). The number of rotatable bonds is 5. The molecule has 5 nitrogen and oxygen atoms in total. The molecule has 104 valence electrons. The molecule has 0 aromatic carbocycles. The molecule has 1 atom stereocenters. The van der Waals surface area contributed by atoms with Crippen LogP contribution in [0.1, 0.15) is 42.6 Å². The van der Waals surface area contributed by atoms with E-state index in [1.165, 1.54) is 0 Å². The zero-order valence-electron chi connectivity index (χ0n) is 12.1. The lowest BCUT2D eigenvalue weighted by Gasteiger charge is -2.11. The van der Waals surface area contributed by atoms with Crippen molar-refractivity contribution in [2.45, 2.75) is 46.3 Å². The van der Waals surface area contributed by atoms with Gasteiger partial charge in [0.05, 0.1) is 17.5 Å². The van der Waals surface area contributed by atoms with Crippen molar-refractivity contribution in [2.75, 3.05) is 0 Å². The Bertz CT molecular complexity index is 556. The number of hydrogen-bond acceptors (Lipinski definition) is 3. The van der Waals surface area contributed by atoms with Crippen LogP contribution in [0.3, 0.4) is 0 Å². The van der Waals surface area contributed by atoms with Crippen molar-refractivity contribution in [1.82, 2.24) is 19.6 Å². The van der Waals surface area contributed by atoms with Crippen LogP contribution in [0, 0.1) is 6.92 Å². The third kappa shape index (κ3) is 2.87. The summed E-state index contributed by atoms with van der Waals surface area (Å²) < 4.78 is 3.71. The van der Waals surface area contributed by atoms with Gasteiger partial charge in [-0.25, -0.2) is 0 Å². The van der Waals surface area contributed by atoms with Gasteiger partial charge in [-0.05, 0) is 26.3 Å². The second kappa shape index (κ2) is 5.57. The Hall–Kier alpha value is -1.62. The maximum absolute atomic E-state index is 10.4. The lowest BCUT2D eigenvalue weighted by molar-refractivity contribution is 0.174. The maximum atomic E-state index is 10.4. The zero-order chi connectivity index (χ0) is 14.0. The highest BCUT2D eigenvalue weighted by Crippen LogP contribution is 2.22. The number of aryl methyl sites for hydroxylation is 4. The van der Waals surface area contributed by atoms with E-state index in [9.17, 15) is 5.11 Å². The van der Waals surface area contributed by atoms with Crippen LogP contribution in [-0.2, 0) is 26.4 Å². The first-order valence-electron chi connectivity index (χ1n) is 6.78. The van der Waals surface area contributed by atoms with Crippen molar-refractivity contribution in [3.8, 4) is 0 Å². The molecule has 2 heterocycles. The normalized spacial score (nSPS) is 12.9. The van der Waals surface area contributed by atoms with Gasteiger partial charge in [0.2, 0.25) is 0 Å². The van der Waals surface area contributed by atoms with E-state index in [2.05, 4.69) is 24.0 Å². The van der Waals surface area contributed by atoms with E-state index < -0.39 is 6.10 Å². The van der Waals surface area contributed by atoms with Crippen LogP contribution in [0.15, 0.2) is 12.3 Å². The van der Waals surface area contributed by atoms with Crippen molar-refractivity contribution >= 4 is 0 Å². The summed E-state index contributed by atoms with van der Waals surface area (Å²) in [7, 11) is 1.88. The molecule has 0 bridgehead atoms. The fourth-order valence-corrected chi connectivity index (χ4v) is 2.45. The second-order valence-corrected chi connectivity index (χ2v) is 4.87. The summed E-state index contributed by atoms with van der Waals surface area (Å²) in [5.74, 6) is 0. The molecular formula is C14H22N4O. The lowest BCUT2D eigenvalue weighted by atomic mass is 10.0. The minimum absolute atomic E-state index is 0.523. The molecule has 2 aromatic heterocycles. The van der Waals surface area contributed by atoms with E-state index in [4.69, 9.17) is 0 Å². The van der Waals surface area contributed by atoms with E-state index in [0.717, 1.165) is 35.6 Å². The van der Waals surface area contributed by atoms with Crippen LogP contribution in [0.4, 0.5) is 0 Å². The van der Waals surface area contributed by atoms with Gasteiger partial charge in [0.1, 0.15) is 0 Å². The van der Waals surface area contributed by atoms with Gasteiger partial charge in [0.25, 0.3) is 0 Å². The quantitative estimate of drug-likeness (QED) is 0.893. The van der Waals surface area contributed by atoms with Gasteiger partial charge in [0, 0.05) is 37.5 Å². The monoisotopic (exact) mass is 262 g/mol. The highest BCUT2D eigenvalue weighted by atomic mass is 16.3. The average Bonchev–Trinajstić information content (AvgIpc) is 2.92. The van der Waals surface area contributed by atoms with Crippen LogP contribution >= 0.6 is 0 Å². The Kier molecular flexibility index (Phi) is 4.04. The average molecular weight is 262 g/mol. The fourth-order valence-electron chi connectivity index (χ4n) is 2.45. The van der Waals surface area contributed by atoms with Crippen molar-refractivity contribution in [1.29, 1.82) is 0 Å². The molecule has 0 fully saturated rings.